The van der Waals surface area contributed by atoms with Gasteiger partial charge in [-0.1, -0.05) is 30.0 Å². The van der Waals surface area contributed by atoms with Crippen LogP contribution in [-0.4, -0.2) is 29.5 Å². The molecule has 0 spiro atoms. The van der Waals surface area contributed by atoms with Crippen LogP contribution in [0, 0.1) is 0 Å². The quantitative estimate of drug-likeness (QED) is 0.787. The Kier molecular flexibility index (Phi) is 4.08. The molecule has 0 bridgehead atoms. The maximum absolute atomic E-state index is 12.0. The first-order valence-electron chi connectivity index (χ1n) is 5.47. The fraction of sp³-hybridized carbons (Fsp3) is 0.250. The molecule has 0 fully saturated rings. The summed E-state index contributed by atoms with van der Waals surface area (Å²) in [5.74, 6) is 0.622. The average Bonchev–Trinajstić information content (AvgIpc) is 2.76. The van der Waals surface area contributed by atoms with E-state index in [1.165, 1.54) is 11.8 Å². The van der Waals surface area contributed by atoms with Crippen LogP contribution in [0.25, 0.3) is 0 Å². The molecule has 0 atom stereocenters. The second-order valence-corrected chi connectivity index (χ2v) is 6.97. The summed E-state index contributed by atoms with van der Waals surface area (Å²) >= 11 is 1.45. The fourth-order valence-corrected chi connectivity index (χ4v) is 4.08. The van der Waals surface area contributed by atoms with Crippen molar-refractivity contribution in [3.05, 3.63) is 42.7 Å². The van der Waals surface area contributed by atoms with Gasteiger partial charge in [0.05, 0.1) is 10.6 Å². The van der Waals surface area contributed by atoms with Gasteiger partial charge in [0.25, 0.3) is 0 Å². The van der Waals surface area contributed by atoms with Crippen LogP contribution in [-0.2, 0) is 16.9 Å². The molecular weight excluding hydrogens is 268 g/mol. The smallest absolute Gasteiger partial charge is 0.179 e. The highest BCUT2D eigenvalue weighted by Crippen LogP contribution is 2.17. The van der Waals surface area contributed by atoms with Gasteiger partial charge in [0.2, 0.25) is 0 Å². The second kappa shape index (κ2) is 5.58. The summed E-state index contributed by atoms with van der Waals surface area (Å²) in [6.07, 6.45) is 3.54. The molecule has 0 saturated carbocycles. The van der Waals surface area contributed by atoms with E-state index in [-0.39, 0.29) is 5.75 Å². The van der Waals surface area contributed by atoms with Crippen molar-refractivity contribution in [2.75, 3.05) is 11.5 Å². The summed E-state index contributed by atoms with van der Waals surface area (Å²) in [5, 5.41) is 0.832. The van der Waals surface area contributed by atoms with Crippen molar-refractivity contribution in [3.8, 4) is 0 Å². The van der Waals surface area contributed by atoms with Gasteiger partial charge < -0.3 is 4.57 Å². The van der Waals surface area contributed by atoms with Crippen LogP contribution in [0.2, 0.25) is 0 Å². The lowest BCUT2D eigenvalue weighted by Gasteiger charge is -2.04. The van der Waals surface area contributed by atoms with Gasteiger partial charge >= 0.3 is 0 Å². The van der Waals surface area contributed by atoms with Crippen LogP contribution in [0.1, 0.15) is 0 Å². The van der Waals surface area contributed by atoms with Crippen molar-refractivity contribution < 1.29 is 8.42 Å². The number of imidazole rings is 1. The standard InChI is InChI=1S/C12H14N2O2S2/c1-14-8-7-13-12(14)17-9-10-18(15,16)11-5-3-2-4-6-11/h2-8H,9-10H2,1H3. The molecule has 1 aromatic heterocycles. The molecule has 0 amide bonds. The van der Waals surface area contributed by atoms with E-state index in [9.17, 15) is 8.42 Å². The van der Waals surface area contributed by atoms with E-state index in [1.54, 1.807) is 30.5 Å². The van der Waals surface area contributed by atoms with E-state index in [0.29, 0.717) is 10.6 Å². The predicted molar refractivity (Wildman–Crippen MR) is 72.4 cm³/mol. The van der Waals surface area contributed by atoms with Crippen molar-refractivity contribution in [2.45, 2.75) is 10.1 Å². The zero-order valence-corrected chi connectivity index (χ0v) is 11.6. The van der Waals surface area contributed by atoms with E-state index in [2.05, 4.69) is 4.98 Å². The summed E-state index contributed by atoms with van der Waals surface area (Å²) in [7, 11) is -1.29. The van der Waals surface area contributed by atoms with Gasteiger partial charge in [-0.25, -0.2) is 13.4 Å². The van der Waals surface area contributed by atoms with E-state index < -0.39 is 9.84 Å². The summed E-state index contributed by atoms with van der Waals surface area (Å²) in [5.41, 5.74) is 0. The van der Waals surface area contributed by atoms with Gasteiger partial charge in [0.15, 0.2) is 15.0 Å². The van der Waals surface area contributed by atoms with Crippen LogP contribution in [0.3, 0.4) is 0 Å². The van der Waals surface area contributed by atoms with Crippen LogP contribution in [0.5, 0.6) is 0 Å². The van der Waals surface area contributed by atoms with Gasteiger partial charge in [0, 0.05) is 25.2 Å². The van der Waals surface area contributed by atoms with Crippen molar-refractivity contribution in [1.82, 2.24) is 9.55 Å². The van der Waals surface area contributed by atoms with Crippen LogP contribution in [0.4, 0.5) is 0 Å². The lowest BCUT2D eigenvalue weighted by molar-refractivity contribution is 0.597. The largest absolute Gasteiger partial charge is 0.329 e. The molecule has 0 aliphatic heterocycles. The number of thioether (sulfide) groups is 1. The predicted octanol–water partition coefficient (Wildman–Crippen LogP) is 1.99. The molecule has 2 rings (SSSR count). The monoisotopic (exact) mass is 282 g/mol. The number of aryl methyl sites for hydroxylation is 1. The third-order valence-corrected chi connectivity index (χ3v) is 5.51. The Balaban J connectivity index is 1.97. The minimum Gasteiger partial charge on any atom is -0.329 e. The number of rotatable bonds is 5. The molecule has 1 aromatic carbocycles. The lowest BCUT2D eigenvalue weighted by Crippen LogP contribution is -2.09. The maximum atomic E-state index is 12.0. The molecule has 0 aliphatic rings. The molecule has 18 heavy (non-hydrogen) atoms. The Hall–Kier alpha value is -1.27. The van der Waals surface area contributed by atoms with Crippen LogP contribution < -0.4 is 0 Å². The summed E-state index contributed by atoms with van der Waals surface area (Å²) in [6.45, 7) is 0. The zero-order valence-electron chi connectivity index (χ0n) is 9.98. The number of benzene rings is 1. The number of aromatic nitrogens is 2. The van der Waals surface area contributed by atoms with Gasteiger partial charge in [-0.15, -0.1) is 0 Å². The van der Waals surface area contributed by atoms with E-state index >= 15 is 0 Å². The first kappa shape index (κ1) is 13.2. The number of sulfone groups is 1. The van der Waals surface area contributed by atoms with Crippen LogP contribution >= 0.6 is 11.8 Å². The number of hydrogen-bond donors (Lipinski definition) is 0. The molecule has 0 saturated heterocycles. The van der Waals surface area contributed by atoms with E-state index in [0.717, 1.165) is 5.16 Å². The topological polar surface area (TPSA) is 52.0 Å². The second-order valence-electron chi connectivity index (χ2n) is 3.80. The van der Waals surface area contributed by atoms with E-state index in [4.69, 9.17) is 0 Å². The summed E-state index contributed by atoms with van der Waals surface area (Å²) in [6, 6.07) is 8.53. The first-order chi connectivity index (χ1) is 8.59. The lowest BCUT2D eigenvalue weighted by atomic mass is 10.4. The Morgan fingerprint density at radius 2 is 2.00 bits per heavy atom. The molecule has 0 aliphatic carbocycles. The third kappa shape index (κ3) is 3.14. The molecule has 2 aromatic rings. The first-order valence-corrected chi connectivity index (χ1v) is 8.11. The maximum Gasteiger partial charge on any atom is 0.179 e. The van der Waals surface area contributed by atoms with Gasteiger partial charge in [-0.3, -0.25) is 0 Å². The van der Waals surface area contributed by atoms with Gasteiger partial charge in [-0.05, 0) is 12.1 Å². The fourth-order valence-electron chi connectivity index (χ4n) is 1.48. The minimum atomic E-state index is -3.18. The normalized spacial score (nSPS) is 11.6. The molecule has 96 valence electrons. The average molecular weight is 282 g/mol. The summed E-state index contributed by atoms with van der Waals surface area (Å²) < 4.78 is 25.9. The Labute approximate surface area is 111 Å². The molecule has 0 radical (unpaired) electrons. The van der Waals surface area contributed by atoms with Gasteiger partial charge in [0.1, 0.15) is 0 Å². The number of nitrogens with zero attached hydrogens (tertiary/aromatic N) is 2. The molecular formula is C12H14N2O2S2. The molecule has 1 heterocycles. The summed E-state index contributed by atoms with van der Waals surface area (Å²) in [4.78, 5) is 4.52. The van der Waals surface area contributed by atoms with Crippen molar-refractivity contribution in [2.24, 2.45) is 7.05 Å². The molecule has 6 heteroatoms. The molecule has 0 unspecified atom stereocenters. The Bertz CT molecular complexity index is 606. The van der Waals surface area contributed by atoms with Crippen LogP contribution in [0.15, 0.2) is 52.8 Å². The number of hydrogen-bond acceptors (Lipinski definition) is 4. The highest BCUT2D eigenvalue weighted by Gasteiger charge is 2.14. The van der Waals surface area contributed by atoms with Crippen molar-refractivity contribution in [1.29, 1.82) is 0 Å². The highest BCUT2D eigenvalue weighted by atomic mass is 32.2. The Morgan fingerprint density at radius 3 is 2.61 bits per heavy atom. The van der Waals surface area contributed by atoms with E-state index in [1.807, 2.05) is 23.9 Å². The zero-order chi connectivity index (χ0) is 13.0. The molecule has 4 nitrogen and oxygen atoms in total. The Morgan fingerprint density at radius 1 is 1.28 bits per heavy atom. The minimum absolute atomic E-state index is 0.120. The van der Waals surface area contributed by atoms with Crippen molar-refractivity contribution in [3.63, 3.8) is 0 Å². The molecule has 0 N–H and O–H groups in total. The SMILES string of the molecule is Cn1ccnc1SCCS(=O)(=O)c1ccccc1. The van der Waals surface area contributed by atoms with Gasteiger partial charge in [-0.2, -0.15) is 0 Å². The van der Waals surface area contributed by atoms with Crippen molar-refractivity contribution >= 4 is 21.6 Å². The third-order valence-electron chi connectivity index (χ3n) is 2.46. The highest BCUT2D eigenvalue weighted by molar-refractivity contribution is 8.00.